The van der Waals surface area contributed by atoms with Crippen molar-refractivity contribution in [2.45, 2.75) is 23.9 Å². The number of likely N-dealkylation sites (N-methyl/N-ethyl adjacent to an activating group) is 1. The third-order valence-corrected chi connectivity index (χ3v) is 7.37. The summed E-state index contributed by atoms with van der Waals surface area (Å²) >= 11 is 6.13. The van der Waals surface area contributed by atoms with Crippen LogP contribution >= 0.6 is 11.6 Å². The van der Waals surface area contributed by atoms with Crippen molar-refractivity contribution in [2.24, 2.45) is 29.4 Å². The summed E-state index contributed by atoms with van der Waals surface area (Å²) in [4.78, 5) is 66.1. The zero-order valence-electron chi connectivity index (χ0n) is 17.4. The fourth-order valence-electron chi connectivity index (χ4n) is 5.64. The predicted molar refractivity (Wildman–Crippen MR) is 109 cm³/mol. The first kappa shape index (κ1) is 23.5. The number of Topliss-reactive ketones (excluding diaryl/α,β-unsaturated/α-hetero) is 4. The molecule has 1 aromatic carbocycles. The Morgan fingerprint density at radius 2 is 1.73 bits per heavy atom. The Kier molecular flexibility index (Phi) is 5.26. The van der Waals surface area contributed by atoms with Gasteiger partial charge in [-0.1, -0.05) is 11.6 Å². The Morgan fingerprint density at radius 1 is 1.12 bits per heavy atom. The van der Waals surface area contributed by atoms with E-state index >= 15 is 0 Å². The summed E-state index contributed by atoms with van der Waals surface area (Å²) in [5.41, 5.74) is 1.40. The number of aliphatic hydroxyl groups is 3. The van der Waals surface area contributed by atoms with E-state index in [1.165, 1.54) is 25.1 Å². The van der Waals surface area contributed by atoms with E-state index in [-0.39, 0.29) is 10.6 Å². The number of hydrogen-bond acceptors (Lipinski definition) is 10. The summed E-state index contributed by atoms with van der Waals surface area (Å²) in [7, 11) is 2.74. The molecule has 1 amide bonds. The molecule has 0 heterocycles. The molecule has 3 aliphatic rings. The molecule has 176 valence electrons. The van der Waals surface area contributed by atoms with Gasteiger partial charge in [-0.25, -0.2) is 0 Å². The SMILES string of the molecule is CN(C)C1C(=O)C(C(N)=O)C(=O)C2(O)C(=O)C3C(=O)c4c(O)ccc(Cl)c4C(O)C3C(O)C12. The van der Waals surface area contributed by atoms with Crippen LogP contribution in [0.4, 0.5) is 0 Å². The smallest absolute Gasteiger partial charge is 0.235 e. The van der Waals surface area contributed by atoms with Crippen LogP contribution in [0.5, 0.6) is 5.75 Å². The van der Waals surface area contributed by atoms with E-state index in [4.69, 9.17) is 17.3 Å². The molecule has 0 saturated heterocycles. The Morgan fingerprint density at radius 3 is 2.27 bits per heavy atom. The van der Waals surface area contributed by atoms with E-state index < -0.39 is 87.9 Å². The summed E-state index contributed by atoms with van der Waals surface area (Å²) in [6.45, 7) is 0. The minimum Gasteiger partial charge on any atom is -0.507 e. The quantitative estimate of drug-likeness (QED) is 0.295. The monoisotopic (exact) mass is 480 g/mol. The van der Waals surface area contributed by atoms with Gasteiger partial charge < -0.3 is 26.2 Å². The van der Waals surface area contributed by atoms with E-state index in [1.807, 2.05) is 0 Å². The molecule has 8 unspecified atom stereocenters. The zero-order chi connectivity index (χ0) is 24.7. The topological polar surface area (TPSA) is 196 Å². The number of hydrogen-bond donors (Lipinski definition) is 5. The first-order valence-corrected chi connectivity index (χ1v) is 10.4. The van der Waals surface area contributed by atoms with Crippen LogP contribution in [0.1, 0.15) is 22.0 Å². The molecule has 33 heavy (non-hydrogen) atoms. The number of halogens is 1. The van der Waals surface area contributed by atoms with Crippen molar-refractivity contribution in [3.05, 3.63) is 28.3 Å². The third-order valence-electron chi connectivity index (χ3n) is 7.04. The van der Waals surface area contributed by atoms with Gasteiger partial charge in [-0.05, 0) is 26.2 Å². The average Bonchev–Trinajstić information content (AvgIpc) is 2.72. The second-order valence-corrected chi connectivity index (χ2v) is 9.28. The molecule has 2 fully saturated rings. The molecule has 12 heteroatoms. The van der Waals surface area contributed by atoms with Gasteiger partial charge in [0.2, 0.25) is 5.91 Å². The maximum absolute atomic E-state index is 13.6. The van der Waals surface area contributed by atoms with Crippen LogP contribution in [0.15, 0.2) is 12.1 Å². The fourth-order valence-corrected chi connectivity index (χ4v) is 5.91. The molecule has 4 rings (SSSR count). The van der Waals surface area contributed by atoms with Crippen LogP contribution in [-0.4, -0.2) is 86.2 Å². The lowest BCUT2D eigenvalue weighted by molar-refractivity contribution is -0.202. The molecule has 2 saturated carbocycles. The number of amides is 1. The van der Waals surface area contributed by atoms with Crippen molar-refractivity contribution < 1.29 is 44.4 Å². The lowest BCUT2D eigenvalue weighted by Crippen LogP contribution is -2.77. The first-order chi connectivity index (χ1) is 15.3. The molecule has 0 radical (unpaired) electrons. The highest BCUT2D eigenvalue weighted by atomic mass is 35.5. The van der Waals surface area contributed by atoms with Gasteiger partial charge in [-0.3, -0.25) is 28.9 Å². The summed E-state index contributed by atoms with van der Waals surface area (Å²) in [5, 5.41) is 43.8. The van der Waals surface area contributed by atoms with E-state index in [0.29, 0.717) is 0 Å². The molecule has 6 N–H and O–H groups in total. The molecule has 0 spiro atoms. The zero-order valence-corrected chi connectivity index (χ0v) is 18.2. The Balaban J connectivity index is 1.98. The van der Waals surface area contributed by atoms with E-state index in [1.54, 1.807) is 0 Å². The van der Waals surface area contributed by atoms with Gasteiger partial charge in [0.15, 0.2) is 34.7 Å². The molecule has 11 nitrogen and oxygen atoms in total. The average molecular weight is 481 g/mol. The number of carbonyl (C=O) groups excluding carboxylic acids is 5. The lowest BCUT2D eigenvalue weighted by atomic mass is 9.50. The molecule has 0 bridgehead atoms. The van der Waals surface area contributed by atoms with E-state index in [2.05, 4.69) is 0 Å². The van der Waals surface area contributed by atoms with Gasteiger partial charge in [-0.2, -0.15) is 0 Å². The number of phenolic OH excluding ortho intramolecular Hbond substituents is 1. The Bertz CT molecular complexity index is 1130. The van der Waals surface area contributed by atoms with Crippen LogP contribution in [0.2, 0.25) is 5.02 Å². The number of phenols is 1. The second-order valence-electron chi connectivity index (χ2n) is 8.88. The number of rotatable bonds is 2. The highest BCUT2D eigenvalue weighted by Gasteiger charge is 2.73. The van der Waals surface area contributed by atoms with Gasteiger partial charge in [0.05, 0.1) is 35.6 Å². The lowest BCUT2D eigenvalue weighted by Gasteiger charge is -2.55. The second kappa shape index (κ2) is 7.40. The number of aliphatic hydroxyl groups excluding tert-OH is 2. The minimum absolute atomic E-state index is 0.115. The largest absolute Gasteiger partial charge is 0.507 e. The molecule has 0 aromatic heterocycles. The van der Waals surface area contributed by atoms with Crippen molar-refractivity contribution >= 4 is 40.6 Å². The van der Waals surface area contributed by atoms with Crippen molar-refractivity contribution in [1.29, 1.82) is 0 Å². The number of nitrogens with two attached hydrogens (primary N) is 1. The number of carbonyl (C=O) groups is 5. The minimum atomic E-state index is -3.12. The first-order valence-electron chi connectivity index (χ1n) is 10.0. The van der Waals surface area contributed by atoms with Crippen molar-refractivity contribution in [1.82, 2.24) is 4.90 Å². The number of primary amides is 1. The summed E-state index contributed by atoms with van der Waals surface area (Å²) in [5.74, 6) is -14.5. The van der Waals surface area contributed by atoms with Gasteiger partial charge in [0.25, 0.3) is 0 Å². The van der Waals surface area contributed by atoms with Gasteiger partial charge in [-0.15, -0.1) is 0 Å². The number of ketones is 4. The highest BCUT2D eigenvalue weighted by Crippen LogP contribution is 2.54. The van der Waals surface area contributed by atoms with E-state index in [0.717, 1.165) is 6.07 Å². The fraction of sp³-hybridized carbons (Fsp3) is 0.476. The third kappa shape index (κ3) is 2.80. The number of aromatic hydroxyl groups is 1. The van der Waals surface area contributed by atoms with Crippen LogP contribution < -0.4 is 5.73 Å². The highest BCUT2D eigenvalue weighted by molar-refractivity contribution is 6.34. The van der Waals surface area contributed by atoms with E-state index in [9.17, 15) is 44.4 Å². The predicted octanol–water partition coefficient (Wildman–Crippen LogP) is -2.02. The van der Waals surface area contributed by atoms with Gasteiger partial charge in [0.1, 0.15) is 5.75 Å². The summed E-state index contributed by atoms with van der Waals surface area (Å²) in [6.07, 6.45) is -3.69. The molecule has 3 aliphatic carbocycles. The Labute approximate surface area is 191 Å². The van der Waals surface area contributed by atoms with Crippen LogP contribution in [0.3, 0.4) is 0 Å². The summed E-state index contributed by atoms with van der Waals surface area (Å²) < 4.78 is 0. The molecule has 0 aliphatic heterocycles. The van der Waals surface area contributed by atoms with Crippen LogP contribution in [-0.2, 0) is 19.2 Å². The number of fused-ring (bicyclic) bond motifs is 3. The molecule has 1 aromatic rings. The van der Waals surface area contributed by atoms with Crippen molar-refractivity contribution in [3.8, 4) is 5.75 Å². The maximum atomic E-state index is 13.6. The standard InChI is InChI=1S/C21H21ClN2O9/c1-24(2)13-12-16(28)9-10(15(27)8-6(25)4-3-5(22)7(8)14(9)26)18(30)21(12,33)19(31)11(17(13)29)20(23)32/h3-4,9-14,16,25-26,28,33H,1-2H3,(H2,23,32). The van der Waals surface area contributed by atoms with Gasteiger partial charge >= 0.3 is 0 Å². The number of benzene rings is 1. The molecular formula is C21H21ClN2O9. The molecular weight excluding hydrogens is 460 g/mol. The Hall–Kier alpha value is -2.70. The van der Waals surface area contributed by atoms with Crippen molar-refractivity contribution in [2.75, 3.05) is 14.1 Å². The molecule has 8 atom stereocenters. The summed E-state index contributed by atoms with van der Waals surface area (Å²) in [6, 6.07) is 0.768. The van der Waals surface area contributed by atoms with Crippen molar-refractivity contribution in [3.63, 3.8) is 0 Å². The normalized spacial score (nSPS) is 38.1. The van der Waals surface area contributed by atoms with Crippen LogP contribution in [0.25, 0.3) is 0 Å². The maximum Gasteiger partial charge on any atom is 0.235 e. The van der Waals surface area contributed by atoms with Crippen LogP contribution in [0, 0.1) is 23.7 Å². The number of nitrogens with zero attached hydrogens (tertiary/aromatic N) is 1. The van der Waals surface area contributed by atoms with Gasteiger partial charge in [0, 0.05) is 16.5 Å².